The zero-order valence-electron chi connectivity index (χ0n) is 28.9. The van der Waals surface area contributed by atoms with Gasteiger partial charge in [-0.15, -0.1) is 0 Å². The Morgan fingerprint density at radius 3 is 1.81 bits per heavy atom. The SMILES string of the molecule is COC1=C([C@@H]2O[C@H](CO)[C@@H](O)[C@@H](O)[C@H]2O)C(OC)C(=O)C(C2OCC3C(c4cc(OC)c(O[C@H]5O[C@@H](CO)[C@H](O)[C@@H](O)[C@@H]5O)c(OC)c4)OCC23)=C1. The molecular weight excluding hydrogens is 696 g/mol. The van der Waals surface area contributed by atoms with E-state index in [4.69, 9.17) is 42.6 Å². The molecule has 0 radical (unpaired) electrons. The first kappa shape index (κ1) is 38.8. The summed E-state index contributed by atoms with van der Waals surface area (Å²) in [7, 11) is 5.42. The molecule has 18 nitrogen and oxygen atoms in total. The van der Waals surface area contributed by atoms with Gasteiger partial charge < -0.3 is 83.5 Å². The summed E-state index contributed by atoms with van der Waals surface area (Å²) in [6.07, 6.45) is -16.3. The third-order valence-corrected chi connectivity index (χ3v) is 10.5. The maximum atomic E-state index is 14.1. The fourth-order valence-corrected chi connectivity index (χ4v) is 7.67. The second kappa shape index (κ2) is 15.8. The minimum Gasteiger partial charge on any atom is -0.497 e. The molecule has 4 saturated heterocycles. The van der Waals surface area contributed by atoms with E-state index in [0.29, 0.717) is 5.56 Å². The smallest absolute Gasteiger partial charge is 0.229 e. The van der Waals surface area contributed by atoms with Crippen molar-refractivity contribution in [2.45, 2.75) is 79.5 Å². The van der Waals surface area contributed by atoms with Gasteiger partial charge in [0.25, 0.3) is 0 Å². The van der Waals surface area contributed by atoms with E-state index >= 15 is 0 Å². The van der Waals surface area contributed by atoms with Crippen LogP contribution in [0.15, 0.2) is 35.1 Å². The summed E-state index contributed by atoms with van der Waals surface area (Å²) >= 11 is 0. The van der Waals surface area contributed by atoms with Gasteiger partial charge in [0, 0.05) is 30.1 Å². The van der Waals surface area contributed by atoms with Crippen LogP contribution in [-0.4, -0.2) is 175 Å². The normalized spacial score (nSPS) is 40.7. The van der Waals surface area contributed by atoms with Crippen molar-refractivity contribution < 1.29 is 88.3 Å². The lowest BCUT2D eigenvalue weighted by molar-refractivity contribution is -0.277. The highest BCUT2D eigenvalue weighted by atomic mass is 16.7. The zero-order valence-corrected chi connectivity index (χ0v) is 28.9. The molecule has 52 heavy (non-hydrogen) atoms. The number of aliphatic hydroxyl groups is 8. The Bertz CT molecular complexity index is 1490. The van der Waals surface area contributed by atoms with E-state index < -0.39 is 98.5 Å². The highest BCUT2D eigenvalue weighted by Crippen LogP contribution is 2.51. The number of ketones is 1. The van der Waals surface area contributed by atoms with E-state index in [1.165, 1.54) is 34.5 Å². The van der Waals surface area contributed by atoms with Crippen LogP contribution < -0.4 is 14.2 Å². The molecule has 290 valence electrons. The fourth-order valence-electron chi connectivity index (χ4n) is 7.67. The number of hydrogen-bond acceptors (Lipinski definition) is 18. The summed E-state index contributed by atoms with van der Waals surface area (Å²) in [5.41, 5.74) is 0.927. The summed E-state index contributed by atoms with van der Waals surface area (Å²) < 4.78 is 52.1. The minimum absolute atomic E-state index is 0.0193. The van der Waals surface area contributed by atoms with Crippen LogP contribution in [0.25, 0.3) is 0 Å². The highest BCUT2D eigenvalue weighted by Gasteiger charge is 2.54. The van der Waals surface area contributed by atoms with E-state index in [-0.39, 0.29) is 59.2 Å². The van der Waals surface area contributed by atoms with Gasteiger partial charge in [-0.05, 0) is 23.8 Å². The summed E-state index contributed by atoms with van der Waals surface area (Å²) in [5.74, 6) is -0.596. The van der Waals surface area contributed by atoms with Crippen LogP contribution in [0, 0.1) is 11.8 Å². The topological polar surface area (TPSA) is 262 Å². The lowest BCUT2D eigenvalue weighted by atomic mass is 9.78. The first-order valence-electron chi connectivity index (χ1n) is 16.8. The molecule has 0 spiro atoms. The summed E-state index contributed by atoms with van der Waals surface area (Å²) in [6, 6.07) is 3.29. The van der Waals surface area contributed by atoms with Crippen molar-refractivity contribution in [2.75, 3.05) is 54.9 Å². The number of allylic oxidation sites excluding steroid dienone is 1. The van der Waals surface area contributed by atoms with Gasteiger partial charge in [0.1, 0.15) is 66.8 Å². The number of fused-ring (bicyclic) bond motifs is 1. The Labute approximate surface area is 298 Å². The van der Waals surface area contributed by atoms with Gasteiger partial charge in [-0.25, -0.2) is 0 Å². The number of methoxy groups -OCH3 is 4. The highest BCUT2D eigenvalue weighted by molar-refractivity contribution is 6.03. The average molecular weight is 743 g/mol. The van der Waals surface area contributed by atoms with Crippen LogP contribution in [0.4, 0.5) is 0 Å². The molecule has 0 aromatic heterocycles. The molecule has 5 aliphatic rings. The third kappa shape index (κ3) is 6.59. The predicted octanol–water partition coefficient (Wildman–Crippen LogP) is -3.15. The van der Waals surface area contributed by atoms with Gasteiger partial charge in [0.05, 0.1) is 60.0 Å². The Morgan fingerprint density at radius 1 is 0.692 bits per heavy atom. The fraction of sp³-hybridized carbons (Fsp3) is 0.676. The number of rotatable bonds is 11. The zero-order chi connectivity index (χ0) is 37.6. The molecule has 1 aromatic carbocycles. The van der Waals surface area contributed by atoms with Crippen molar-refractivity contribution in [1.29, 1.82) is 0 Å². The van der Waals surface area contributed by atoms with Gasteiger partial charge in [-0.1, -0.05) is 0 Å². The molecule has 4 fully saturated rings. The van der Waals surface area contributed by atoms with Crippen molar-refractivity contribution in [3.05, 3.63) is 40.7 Å². The van der Waals surface area contributed by atoms with E-state index in [1.54, 1.807) is 12.1 Å². The molecule has 4 heterocycles. The lowest BCUT2D eigenvalue weighted by Gasteiger charge is -2.43. The molecule has 0 bridgehead atoms. The molecule has 4 aliphatic heterocycles. The van der Waals surface area contributed by atoms with Crippen LogP contribution in [0.2, 0.25) is 0 Å². The molecule has 0 saturated carbocycles. The van der Waals surface area contributed by atoms with Gasteiger partial charge in [-0.2, -0.15) is 0 Å². The van der Waals surface area contributed by atoms with Crippen LogP contribution in [-0.2, 0) is 33.2 Å². The molecule has 15 atom stereocenters. The van der Waals surface area contributed by atoms with Gasteiger partial charge in [0.15, 0.2) is 17.3 Å². The van der Waals surface area contributed by atoms with Gasteiger partial charge in [-0.3, -0.25) is 4.79 Å². The Morgan fingerprint density at radius 2 is 1.25 bits per heavy atom. The molecule has 18 heteroatoms. The molecule has 0 amide bonds. The Hall–Kier alpha value is -2.95. The molecule has 1 aromatic rings. The van der Waals surface area contributed by atoms with Crippen molar-refractivity contribution in [3.63, 3.8) is 0 Å². The van der Waals surface area contributed by atoms with Gasteiger partial charge in [0.2, 0.25) is 12.0 Å². The van der Waals surface area contributed by atoms with Crippen LogP contribution in [0.1, 0.15) is 11.7 Å². The quantitative estimate of drug-likeness (QED) is 0.111. The first-order chi connectivity index (χ1) is 24.9. The van der Waals surface area contributed by atoms with Crippen molar-refractivity contribution in [3.8, 4) is 17.2 Å². The van der Waals surface area contributed by atoms with E-state index in [9.17, 15) is 45.6 Å². The van der Waals surface area contributed by atoms with Crippen LogP contribution >= 0.6 is 0 Å². The van der Waals surface area contributed by atoms with Crippen molar-refractivity contribution in [2.24, 2.45) is 11.8 Å². The minimum atomic E-state index is -1.68. The molecule has 6 rings (SSSR count). The standard InChI is InChI=1S/C34H46O18/c1-44-16-7-13(22(37)32(47-4)21(16)33-27(42)25(40)23(38)19(8-35)50-33)30-15-11-48-29(14(15)10-49-30)12-5-17(45-2)31(18(6-12)46-3)52-34-28(43)26(41)24(39)20(9-36)51-34/h5-7,14-15,19-20,23-30,32-36,38-43H,8-11H2,1-4H3/t14?,15?,19-,20+,23-,24+,25-,26-,27-,28+,29?,30?,32?,33+,34-/m1/s1. The lowest BCUT2D eigenvalue weighted by Crippen LogP contribution is -2.60. The Balaban J connectivity index is 1.26. The molecule has 5 unspecified atom stereocenters. The number of carbonyl (C=O) groups is 1. The van der Waals surface area contributed by atoms with Crippen LogP contribution in [0.5, 0.6) is 17.2 Å². The number of carbonyl (C=O) groups excluding carboxylic acids is 1. The monoisotopic (exact) mass is 742 g/mol. The predicted molar refractivity (Wildman–Crippen MR) is 171 cm³/mol. The van der Waals surface area contributed by atoms with E-state index in [0.717, 1.165) is 0 Å². The first-order valence-corrected chi connectivity index (χ1v) is 16.8. The second-order valence-electron chi connectivity index (χ2n) is 13.3. The van der Waals surface area contributed by atoms with Gasteiger partial charge >= 0.3 is 0 Å². The number of ether oxygens (including phenoxy) is 9. The average Bonchev–Trinajstić information content (AvgIpc) is 3.77. The number of hydrogen-bond donors (Lipinski definition) is 8. The largest absolute Gasteiger partial charge is 0.497 e. The van der Waals surface area contributed by atoms with Crippen LogP contribution in [0.3, 0.4) is 0 Å². The maximum Gasteiger partial charge on any atom is 0.229 e. The van der Waals surface area contributed by atoms with Crippen molar-refractivity contribution in [1.82, 2.24) is 0 Å². The number of Topliss-reactive ketones (excluding diaryl/α,β-unsaturated/α-hetero) is 1. The third-order valence-electron chi connectivity index (χ3n) is 10.5. The molecule has 8 N–H and O–H groups in total. The summed E-state index contributed by atoms with van der Waals surface area (Å²) in [6.45, 7) is -0.904. The number of benzene rings is 1. The maximum absolute atomic E-state index is 14.1. The summed E-state index contributed by atoms with van der Waals surface area (Å²) in [5, 5.41) is 81.8. The second-order valence-corrected chi connectivity index (χ2v) is 13.3. The molecular formula is C34H46O18. The van der Waals surface area contributed by atoms with Crippen molar-refractivity contribution >= 4 is 5.78 Å². The van der Waals surface area contributed by atoms with E-state index in [2.05, 4.69) is 0 Å². The Kier molecular flexibility index (Phi) is 11.8. The summed E-state index contributed by atoms with van der Waals surface area (Å²) in [4.78, 5) is 14.1. The number of aliphatic hydroxyl groups excluding tert-OH is 8. The van der Waals surface area contributed by atoms with E-state index in [1.807, 2.05) is 0 Å². The molecule has 1 aliphatic carbocycles.